The van der Waals surface area contributed by atoms with Gasteiger partial charge in [-0.3, -0.25) is 4.79 Å². The summed E-state index contributed by atoms with van der Waals surface area (Å²) in [5.74, 6) is -1.16. The van der Waals surface area contributed by atoms with Crippen LogP contribution in [0.1, 0.15) is 22.8 Å². The lowest BCUT2D eigenvalue weighted by Crippen LogP contribution is -2.21. The zero-order chi connectivity index (χ0) is 16.6. The molecule has 0 saturated heterocycles. The topological polar surface area (TPSA) is 79.4 Å². The summed E-state index contributed by atoms with van der Waals surface area (Å²) in [6.45, 7) is 1.85. The van der Waals surface area contributed by atoms with E-state index in [0.29, 0.717) is 17.7 Å². The summed E-state index contributed by atoms with van der Waals surface area (Å²) in [5, 5.41) is 13.4. The van der Waals surface area contributed by atoms with Gasteiger partial charge in [0.2, 0.25) is 0 Å². The third-order valence-electron chi connectivity index (χ3n) is 3.77. The molecule has 2 aromatic heterocycles. The van der Waals surface area contributed by atoms with E-state index in [-0.39, 0.29) is 11.3 Å². The van der Waals surface area contributed by atoms with E-state index >= 15 is 0 Å². The van der Waals surface area contributed by atoms with Crippen LogP contribution in [0.2, 0.25) is 0 Å². The summed E-state index contributed by atoms with van der Waals surface area (Å²) < 4.78 is 5.72. The van der Waals surface area contributed by atoms with Crippen molar-refractivity contribution < 1.29 is 14.6 Å². The zero-order valence-corrected chi connectivity index (χ0v) is 13.5. The lowest BCUT2D eigenvalue weighted by Gasteiger charge is -2.12. The van der Waals surface area contributed by atoms with Crippen molar-refractivity contribution in [3.05, 3.63) is 51.1 Å². The van der Waals surface area contributed by atoms with Crippen LogP contribution in [0.4, 0.5) is 0 Å². The second-order valence-corrected chi connectivity index (χ2v) is 6.00. The predicted molar refractivity (Wildman–Crippen MR) is 90.3 cm³/mol. The Morgan fingerprint density at radius 2 is 2.13 bits per heavy atom. The molecule has 0 aliphatic rings. The molecule has 0 amide bonds. The molecule has 0 saturated carbocycles. The fourth-order valence-electron chi connectivity index (χ4n) is 2.63. The highest BCUT2D eigenvalue weighted by molar-refractivity contribution is 7.17. The molecule has 0 spiro atoms. The van der Waals surface area contributed by atoms with Crippen molar-refractivity contribution in [1.82, 2.24) is 4.98 Å². The minimum absolute atomic E-state index is 0.316. The molecule has 2 N–H and O–H groups in total. The summed E-state index contributed by atoms with van der Waals surface area (Å²) in [6, 6.07) is 7.81. The Labute approximate surface area is 136 Å². The molecule has 1 aromatic carbocycles. The monoisotopic (exact) mass is 329 g/mol. The standard InChI is InChI=1S/C17H15NO4S/c1-3-11-14(10-4-5-12-9(8-10)6-7-23-12)18-16(20)13(15(11)19)17(21)22-2/h4-8H,3H2,1-2H3,(H2,18,19,20). The SMILES string of the molecule is CCc1c(-c2ccc3sccc3c2)[nH]c(=O)c(C(=O)OC)c1O. The number of H-pyrrole nitrogens is 1. The van der Waals surface area contributed by atoms with Gasteiger partial charge in [0.15, 0.2) is 5.56 Å². The number of aromatic nitrogens is 1. The fraction of sp³-hybridized carbons (Fsp3) is 0.176. The molecule has 3 rings (SSSR count). The molecule has 2 heterocycles. The quantitative estimate of drug-likeness (QED) is 0.723. The third kappa shape index (κ3) is 2.51. The van der Waals surface area contributed by atoms with Crippen LogP contribution < -0.4 is 5.56 Å². The largest absolute Gasteiger partial charge is 0.506 e. The number of benzene rings is 1. The molecule has 0 bridgehead atoms. The van der Waals surface area contributed by atoms with Gasteiger partial charge >= 0.3 is 5.97 Å². The van der Waals surface area contributed by atoms with Crippen LogP contribution in [0.3, 0.4) is 0 Å². The number of pyridine rings is 1. The number of carbonyl (C=O) groups is 1. The van der Waals surface area contributed by atoms with E-state index in [9.17, 15) is 14.7 Å². The van der Waals surface area contributed by atoms with Gasteiger partial charge in [-0.05, 0) is 40.9 Å². The number of carbonyl (C=O) groups excluding carboxylic acids is 1. The van der Waals surface area contributed by atoms with E-state index in [1.54, 1.807) is 11.3 Å². The van der Waals surface area contributed by atoms with Crippen LogP contribution in [-0.4, -0.2) is 23.2 Å². The average Bonchev–Trinajstić information content (AvgIpc) is 3.01. The van der Waals surface area contributed by atoms with Crippen molar-refractivity contribution in [3.8, 4) is 17.0 Å². The number of nitrogens with one attached hydrogen (secondary N) is 1. The molecule has 6 heteroatoms. The number of hydrogen-bond acceptors (Lipinski definition) is 5. The number of ether oxygens (including phenoxy) is 1. The van der Waals surface area contributed by atoms with E-state index in [0.717, 1.165) is 15.6 Å². The number of aromatic amines is 1. The minimum Gasteiger partial charge on any atom is -0.506 e. The van der Waals surface area contributed by atoms with Crippen molar-refractivity contribution in [2.45, 2.75) is 13.3 Å². The zero-order valence-electron chi connectivity index (χ0n) is 12.7. The second-order valence-electron chi connectivity index (χ2n) is 5.05. The highest BCUT2D eigenvalue weighted by Gasteiger charge is 2.22. The van der Waals surface area contributed by atoms with Crippen molar-refractivity contribution in [2.75, 3.05) is 7.11 Å². The third-order valence-corrected chi connectivity index (χ3v) is 4.67. The molecular weight excluding hydrogens is 314 g/mol. The van der Waals surface area contributed by atoms with Gasteiger partial charge in [-0.25, -0.2) is 4.79 Å². The maximum Gasteiger partial charge on any atom is 0.347 e. The van der Waals surface area contributed by atoms with Crippen molar-refractivity contribution in [1.29, 1.82) is 0 Å². The molecule has 5 nitrogen and oxygen atoms in total. The van der Waals surface area contributed by atoms with Gasteiger partial charge in [-0.1, -0.05) is 13.0 Å². The molecule has 0 unspecified atom stereocenters. The summed E-state index contributed by atoms with van der Waals surface area (Å²) in [6.07, 6.45) is 0.462. The Hall–Kier alpha value is -2.60. The van der Waals surface area contributed by atoms with Crippen LogP contribution >= 0.6 is 11.3 Å². The Bertz CT molecular complexity index is 955. The second kappa shape index (κ2) is 5.89. The molecule has 0 aliphatic heterocycles. The van der Waals surface area contributed by atoms with Gasteiger partial charge in [0.25, 0.3) is 5.56 Å². The van der Waals surface area contributed by atoms with Gasteiger partial charge in [0.05, 0.1) is 12.8 Å². The summed E-state index contributed by atoms with van der Waals surface area (Å²) >= 11 is 1.63. The number of aromatic hydroxyl groups is 1. The first-order valence-corrected chi connectivity index (χ1v) is 7.98. The Morgan fingerprint density at radius 3 is 2.83 bits per heavy atom. The molecule has 0 radical (unpaired) electrons. The highest BCUT2D eigenvalue weighted by Crippen LogP contribution is 2.32. The van der Waals surface area contributed by atoms with Gasteiger partial charge in [-0.2, -0.15) is 0 Å². The van der Waals surface area contributed by atoms with E-state index < -0.39 is 11.5 Å². The molecular formula is C17H15NO4S. The van der Waals surface area contributed by atoms with Gasteiger partial charge in [-0.15, -0.1) is 11.3 Å². The fourth-order valence-corrected chi connectivity index (χ4v) is 3.40. The van der Waals surface area contributed by atoms with Crippen LogP contribution in [0, 0.1) is 0 Å². The van der Waals surface area contributed by atoms with Crippen LogP contribution in [-0.2, 0) is 11.2 Å². The number of hydrogen-bond donors (Lipinski definition) is 2. The Morgan fingerprint density at radius 1 is 1.35 bits per heavy atom. The van der Waals surface area contributed by atoms with Gasteiger partial charge in [0, 0.05) is 10.3 Å². The van der Waals surface area contributed by atoms with E-state index in [2.05, 4.69) is 9.72 Å². The lowest BCUT2D eigenvalue weighted by atomic mass is 10.00. The first-order chi connectivity index (χ1) is 11.1. The number of esters is 1. The predicted octanol–water partition coefficient (Wildman–Crippen LogP) is 3.31. The summed E-state index contributed by atoms with van der Waals surface area (Å²) in [7, 11) is 1.17. The normalized spacial score (nSPS) is 10.9. The number of thiophene rings is 1. The maximum atomic E-state index is 12.2. The molecule has 0 aliphatic carbocycles. The maximum absolute atomic E-state index is 12.2. The summed E-state index contributed by atoms with van der Waals surface area (Å²) in [4.78, 5) is 26.6. The lowest BCUT2D eigenvalue weighted by molar-refractivity contribution is 0.0595. The minimum atomic E-state index is -0.849. The molecule has 0 fully saturated rings. The first kappa shape index (κ1) is 15.3. The number of rotatable bonds is 3. The van der Waals surface area contributed by atoms with Crippen molar-refractivity contribution in [3.63, 3.8) is 0 Å². The molecule has 3 aromatic rings. The van der Waals surface area contributed by atoms with Gasteiger partial charge < -0.3 is 14.8 Å². The van der Waals surface area contributed by atoms with E-state index in [1.165, 1.54) is 7.11 Å². The molecule has 118 valence electrons. The van der Waals surface area contributed by atoms with Crippen molar-refractivity contribution in [2.24, 2.45) is 0 Å². The highest BCUT2D eigenvalue weighted by atomic mass is 32.1. The van der Waals surface area contributed by atoms with Crippen LogP contribution in [0.5, 0.6) is 5.75 Å². The van der Waals surface area contributed by atoms with Crippen molar-refractivity contribution >= 4 is 27.4 Å². The first-order valence-electron chi connectivity index (χ1n) is 7.10. The average molecular weight is 329 g/mol. The smallest absolute Gasteiger partial charge is 0.347 e. The number of methoxy groups -OCH3 is 1. The summed E-state index contributed by atoms with van der Waals surface area (Å²) in [5.41, 5.74) is 0.809. The molecule has 0 atom stereocenters. The number of fused-ring (bicyclic) bond motifs is 1. The van der Waals surface area contributed by atoms with Crippen LogP contribution in [0.15, 0.2) is 34.4 Å². The van der Waals surface area contributed by atoms with E-state index in [4.69, 9.17) is 0 Å². The molecule has 23 heavy (non-hydrogen) atoms. The Kier molecular flexibility index (Phi) is 3.92. The van der Waals surface area contributed by atoms with Crippen LogP contribution in [0.25, 0.3) is 21.3 Å². The Balaban J connectivity index is 2.26. The van der Waals surface area contributed by atoms with E-state index in [1.807, 2.05) is 36.6 Å². The van der Waals surface area contributed by atoms with Gasteiger partial charge in [0.1, 0.15) is 5.75 Å².